The summed E-state index contributed by atoms with van der Waals surface area (Å²) in [5, 5.41) is 3.16. The molecule has 4 nitrogen and oxygen atoms in total. The van der Waals surface area contributed by atoms with Crippen LogP contribution in [0.1, 0.15) is 32.4 Å². The highest BCUT2D eigenvalue weighted by molar-refractivity contribution is 5.31. The van der Waals surface area contributed by atoms with E-state index in [0.29, 0.717) is 24.9 Å². The summed E-state index contributed by atoms with van der Waals surface area (Å²) in [6.45, 7) is 6.63. The first-order valence-corrected chi connectivity index (χ1v) is 5.84. The molecule has 17 heavy (non-hydrogen) atoms. The summed E-state index contributed by atoms with van der Waals surface area (Å²) in [6.07, 6.45) is 6.85. The summed E-state index contributed by atoms with van der Waals surface area (Å²) in [4.78, 5) is 8.57. The van der Waals surface area contributed by atoms with Gasteiger partial charge in [0.2, 0.25) is 11.8 Å². The molecule has 1 atom stereocenters. The number of rotatable bonds is 6. The number of hydrogen-bond acceptors (Lipinski definition) is 4. The molecule has 4 heteroatoms. The predicted molar refractivity (Wildman–Crippen MR) is 69.1 cm³/mol. The van der Waals surface area contributed by atoms with Crippen molar-refractivity contribution < 1.29 is 4.74 Å². The van der Waals surface area contributed by atoms with Crippen LogP contribution in [0.5, 0.6) is 5.88 Å². The van der Waals surface area contributed by atoms with E-state index in [1.54, 1.807) is 0 Å². The maximum Gasteiger partial charge on any atom is 0.226 e. The van der Waals surface area contributed by atoms with Crippen molar-refractivity contribution in [2.24, 2.45) is 0 Å². The van der Waals surface area contributed by atoms with Crippen molar-refractivity contribution in [3.8, 4) is 18.2 Å². The van der Waals surface area contributed by atoms with Gasteiger partial charge in [0.05, 0.1) is 6.61 Å². The molecule has 0 amide bonds. The van der Waals surface area contributed by atoms with Gasteiger partial charge in [0, 0.05) is 24.2 Å². The molecule has 92 valence electrons. The standard InChI is InChI=1S/C13H19N3O/c1-5-7-10(3)14-13-15-11(4)9-12(16-13)17-8-6-2/h1,9-10H,6-8H2,2-4H3,(H,14,15,16). The maximum absolute atomic E-state index is 5.49. The number of aromatic nitrogens is 2. The van der Waals surface area contributed by atoms with E-state index in [0.717, 1.165) is 12.1 Å². The normalized spacial score (nSPS) is 11.6. The van der Waals surface area contributed by atoms with Gasteiger partial charge in [0.1, 0.15) is 0 Å². The van der Waals surface area contributed by atoms with E-state index >= 15 is 0 Å². The molecule has 1 rings (SSSR count). The summed E-state index contributed by atoms with van der Waals surface area (Å²) in [7, 11) is 0. The van der Waals surface area contributed by atoms with Gasteiger partial charge in [0.15, 0.2) is 0 Å². The Balaban J connectivity index is 2.72. The number of ether oxygens (including phenoxy) is 1. The number of anilines is 1. The molecule has 0 aliphatic carbocycles. The van der Waals surface area contributed by atoms with Crippen LogP contribution in [0, 0.1) is 19.3 Å². The first-order valence-electron chi connectivity index (χ1n) is 5.84. The lowest BCUT2D eigenvalue weighted by Gasteiger charge is -2.12. The molecule has 1 N–H and O–H groups in total. The number of terminal acetylenes is 1. The third-order valence-corrected chi connectivity index (χ3v) is 2.08. The van der Waals surface area contributed by atoms with Gasteiger partial charge in [-0.25, -0.2) is 4.98 Å². The summed E-state index contributed by atoms with van der Waals surface area (Å²) in [6, 6.07) is 1.98. The molecule has 0 aliphatic rings. The minimum Gasteiger partial charge on any atom is -0.478 e. The van der Waals surface area contributed by atoms with Gasteiger partial charge in [0.25, 0.3) is 0 Å². The Bertz CT molecular complexity index is 398. The molecular weight excluding hydrogens is 214 g/mol. The Hall–Kier alpha value is -1.76. The van der Waals surface area contributed by atoms with Crippen molar-refractivity contribution in [1.29, 1.82) is 0 Å². The van der Waals surface area contributed by atoms with E-state index < -0.39 is 0 Å². The summed E-state index contributed by atoms with van der Waals surface area (Å²) in [5.41, 5.74) is 0.876. The van der Waals surface area contributed by atoms with Gasteiger partial charge < -0.3 is 10.1 Å². The Labute approximate surface area is 103 Å². The minimum absolute atomic E-state index is 0.154. The average molecular weight is 233 g/mol. The largest absolute Gasteiger partial charge is 0.478 e. The SMILES string of the molecule is C#CCC(C)Nc1nc(C)cc(OCCC)n1. The zero-order chi connectivity index (χ0) is 12.7. The third-order valence-electron chi connectivity index (χ3n) is 2.08. The Morgan fingerprint density at radius 1 is 1.53 bits per heavy atom. The maximum atomic E-state index is 5.49. The highest BCUT2D eigenvalue weighted by atomic mass is 16.5. The van der Waals surface area contributed by atoms with Gasteiger partial charge in [-0.05, 0) is 20.3 Å². The van der Waals surface area contributed by atoms with Crippen LogP contribution >= 0.6 is 0 Å². The molecule has 0 fully saturated rings. The van der Waals surface area contributed by atoms with Crippen molar-refractivity contribution in [2.45, 2.75) is 39.7 Å². The van der Waals surface area contributed by atoms with Gasteiger partial charge >= 0.3 is 0 Å². The van der Waals surface area contributed by atoms with Crippen LogP contribution < -0.4 is 10.1 Å². The fraction of sp³-hybridized carbons (Fsp3) is 0.538. The zero-order valence-corrected chi connectivity index (χ0v) is 10.7. The first-order chi connectivity index (χ1) is 8.15. The van der Waals surface area contributed by atoms with Crippen LogP contribution in [0.15, 0.2) is 6.07 Å². The number of hydrogen-bond donors (Lipinski definition) is 1. The average Bonchev–Trinajstić information content (AvgIpc) is 2.25. The molecule has 1 aromatic rings. The van der Waals surface area contributed by atoms with Crippen molar-refractivity contribution >= 4 is 5.95 Å². The van der Waals surface area contributed by atoms with Crippen molar-refractivity contribution in [3.63, 3.8) is 0 Å². The van der Waals surface area contributed by atoms with Crippen LogP contribution in [-0.2, 0) is 0 Å². The van der Waals surface area contributed by atoms with E-state index in [9.17, 15) is 0 Å². The zero-order valence-electron chi connectivity index (χ0n) is 10.7. The second kappa shape index (κ2) is 6.74. The van der Waals surface area contributed by atoms with Crippen LogP contribution in [0.4, 0.5) is 5.95 Å². The van der Waals surface area contributed by atoms with Crippen molar-refractivity contribution in [3.05, 3.63) is 11.8 Å². The monoisotopic (exact) mass is 233 g/mol. The molecular formula is C13H19N3O. The van der Waals surface area contributed by atoms with Crippen LogP contribution in [0.25, 0.3) is 0 Å². The van der Waals surface area contributed by atoms with Crippen molar-refractivity contribution in [1.82, 2.24) is 9.97 Å². The van der Waals surface area contributed by atoms with E-state index in [1.807, 2.05) is 19.9 Å². The molecule has 0 aliphatic heterocycles. The van der Waals surface area contributed by atoms with Gasteiger partial charge in [-0.2, -0.15) is 4.98 Å². The van der Waals surface area contributed by atoms with Crippen LogP contribution in [-0.4, -0.2) is 22.6 Å². The van der Waals surface area contributed by atoms with E-state index in [4.69, 9.17) is 11.2 Å². The molecule has 1 unspecified atom stereocenters. The molecule has 0 radical (unpaired) electrons. The predicted octanol–water partition coefficient (Wildman–Crippen LogP) is 2.40. The third kappa shape index (κ3) is 4.73. The second-order valence-electron chi connectivity index (χ2n) is 3.97. The highest BCUT2D eigenvalue weighted by Gasteiger charge is 2.06. The van der Waals surface area contributed by atoms with Crippen molar-refractivity contribution in [2.75, 3.05) is 11.9 Å². The van der Waals surface area contributed by atoms with Gasteiger partial charge in [-0.15, -0.1) is 12.3 Å². The fourth-order valence-electron chi connectivity index (χ4n) is 1.33. The van der Waals surface area contributed by atoms with Crippen LogP contribution in [0.2, 0.25) is 0 Å². The Morgan fingerprint density at radius 3 is 2.94 bits per heavy atom. The number of nitrogens with one attached hydrogen (secondary N) is 1. The van der Waals surface area contributed by atoms with Gasteiger partial charge in [-0.1, -0.05) is 6.92 Å². The van der Waals surface area contributed by atoms with E-state index in [1.165, 1.54) is 0 Å². The van der Waals surface area contributed by atoms with Crippen LogP contribution in [0.3, 0.4) is 0 Å². The smallest absolute Gasteiger partial charge is 0.226 e. The molecule has 0 spiro atoms. The minimum atomic E-state index is 0.154. The summed E-state index contributed by atoms with van der Waals surface area (Å²) < 4.78 is 5.49. The molecule has 0 saturated heterocycles. The topological polar surface area (TPSA) is 47.0 Å². The van der Waals surface area contributed by atoms with E-state index in [2.05, 4.69) is 28.1 Å². The lowest BCUT2D eigenvalue weighted by molar-refractivity contribution is 0.305. The first kappa shape index (κ1) is 13.3. The number of aryl methyl sites for hydroxylation is 1. The second-order valence-corrected chi connectivity index (χ2v) is 3.97. The summed E-state index contributed by atoms with van der Waals surface area (Å²) >= 11 is 0. The quantitative estimate of drug-likeness (QED) is 0.766. The van der Waals surface area contributed by atoms with Gasteiger partial charge in [-0.3, -0.25) is 0 Å². The molecule has 0 bridgehead atoms. The van der Waals surface area contributed by atoms with E-state index in [-0.39, 0.29) is 6.04 Å². The Kier molecular flexibility index (Phi) is 5.28. The lowest BCUT2D eigenvalue weighted by Crippen LogP contribution is -2.16. The lowest BCUT2D eigenvalue weighted by atomic mass is 10.2. The molecule has 1 heterocycles. The Morgan fingerprint density at radius 2 is 2.29 bits per heavy atom. The highest BCUT2D eigenvalue weighted by Crippen LogP contribution is 2.13. The molecule has 0 aromatic carbocycles. The summed E-state index contributed by atoms with van der Waals surface area (Å²) in [5.74, 6) is 3.78. The number of nitrogens with zero attached hydrogens (tertiary/aromatic N) is 2. The fourth-order valence-corrected chi connectivity index (χ4v) is 1.33. The molecule has 1 aromatic heterocycles. The molecule has 0 saturated carbocycles.